The van der Waals surface area contributed by atoms with E-state index in [1.807, 2.05) is 0 Å². The van der Waals surface area contributed by atoms with E-state index in [9.17, 15) is 0 Å². The normalized spacial score (nSPS) is 36.8. The lowest BCUT2D eigenvalue weighted by molar-refractivity contribution is 0.126. The van der Waals surface area contributed by atoms with E-state index in [0.29, 0.717) is 0 Å². The summed E-state index contributed by atoms with van der Waals surface area (Å²) in [6.45, 7) is 9.75. The van der Waals surface area contributed by atoms with Gasteiger partial charge in [-0.2, -0.15) is 0 Å². The summed E-state index contributed by atoms with van der Waals surface area (Å²) >= 11 is 0. The third-order valence-corrected chi connectivity index (χ3v) is 4.27. The predicted octanol–water partition coefficient (Wildman–Crippen LogP) is 2.53. The molecule has 2 aliphatic rings. The van der Waals surface area contributed by atoms with Gasteiger partial charge in [-0.3, -0.25) is 4.90 Å². The molecular formula is C13H27ClN2. The molecule has 0 bridgehead atoms. The summed E-state index contributed by atoms with van der Waals surface area (Å²) in [5, 5.41) is 3.47. The van der Waals surface area contributed by atoms with Crippen molar-refractivity contribution >= 4 is 12.4 Å². The highest BCUT2D eigenvalue weighted by atomic mass is 35.5. The first-order valence-corrected chi connectivity index (χ1v) is 6.70. The summed E-state index contributed by atoms with van der Waals surface area (Å²) in [5.41, 5.74) is 0. The van der Waals surface area contributed by atoms with E-state index in [2.05, 4.69) is 24.1 Å². The van der Waals surface area contributed by atoms with Crippen LogP contribution in [0.4, 0.5) is 0 Å². The van der Waals surface area contributed by atoms with Crippen LogP contribution in [0.1, 0.15) is 39.5 Å². The van der Waals surface area contributed by atoms with Crippen molar-refractivity contribution in [1.29, 1.82) is 0 Å². The minimum absolute atomic E-state index is 0. The van der Waals surface area contributed by atoms with Crippen molar-refractivity contribution in [2.75, 3.05) is 26.2 Å². The molecule has 1 aliphatic carbocycles. The lowest BCUT2D eigenvalue weighted by Gasteiger charge is -2.38. The fourth-order valence-electron chi connectivity index (χ4n) is 3.00. The van der Waals surface area contributed by atoms with Gasteiger partial charge in [-0.1, -0.05) is 19.8 Å². The van der Waals surface area contributed by atoms with Crippen LogP contribution in [-0.2, 0) is 0 Å². The van der Waals surface area contributed by atoms with Crippen molar-refractivity contribution in [3.8, 4) is 0 Å². The lowest BCUT2D eigenvalue weighted by Crippen LogP contribution is -2.51. The smallest absolute Gasteiger partial charge is 0.0193 e. The summed E-state index contributed by atoms with van der Waals surface area (Å²) in [5.74, 6) is 1.98. The van der Waals surface area contributed by atoms with Gasteiger partial charge in [0.2, 0.25) is 0 Å². The van der Waals surface area contributed by atoms with E-state index in [0.717, 1.165) is 17.9 Å². The second-order valence-electron chi connectivity index (χ2n) is 5.67. The molecule has 96 valence electrons. The maximum Gasteiger partial charge on any atom is 0.0193 e. The van der Waals surface area contributed by atoms with Gasteiger partial charge in [0.25, 0.3) is 0 Å². The largest absolute Gasteiger partial charge is 0.314 e. The molecule has 1 unspecified atom stereocenters. The molecule has 1 atom stereocenters. The quantitative estimate of drug-likeness (QED) is 0.806. The van der Waals surface area contributed by atoms with E-state index >= 15 is 0 Å². The predicted molar refractivity (Wildman–Crippen MR) is 72.3 cm³/mol. The van der Waals surface area contributed by atoms with E-state index in [1.54, 1.807) is 0 Å². The first-order chi connectivity index (χ1) is 7.25. The third-order valence-electron chi connectivity index (χ3n) is 4.27. The highest BCUT2D eigenvalue weighted by molar-refractivity contribution is 5.85. The zero-order valence-corrected chi connectivity index (χ0v) is 11.6. The van der Waals surface area contributed by atoms with Crippen molar-refractivity contribution < 1.29 is 0 Å². The highest BCUT2D eigenvalue weighted by Gasteiger charge is 2.24. The fourth-order valence-corrected chi connectivity index (χ4v) is 3.00. The summed E-state index contributed by atoms with van der Waals surface area (Å²) in [4.78, 5) is 2.69. The molecule has 0 spiro atoms. The van der Waals surface area contributed by atoms with Crippen molar-refractivity contribution in [3.63, 3.8) is 0 Å². The Bertz CT molecular complexity index is 190. The molecule has 0 aromatic rings. The summed E-state index contributed by atoms with van der Waals surface area (Å²) in [7, 11) is 0. The molecule has 2 nitrogen and oxygen atoms in total. The Morgan fingerprint density at radius 1 is 1.12 bits per heavy atom. The van der Waals surface area contributed by atoms with E-state index < -0.39 is 0 Å². The van der Waals surface area contributed by atoms with Crippen LogP contribution in [0, 0.1) is 11.8 Å². The van der Waals surface area contributed by atoms with E-state index in [1.165, 1.54) is 51.9 Å². The molecule has 2 rings (SSSR count). The van der Waals surface area contributed by atoms with Gasteiger partial charge in [0.15, 0.2) is 0 Å². The van der Waals surface area contributed by atoms with Gasteiger partial charge in [-0.25, -0.2) is 0 Å². The monoisotopic (exact) mass is 246 g/mol. The third kappa shape index (κ3) is 3.90. The molecule has 3 heteroatoms. The van der Waals surface area contributed by atoms with Gasteiger partial charge in [0, 0.05) is 32.2 Å². The average molecular weight is 247 g/mol. The molecule has 1 aliphatic heterocycles. The Labute approximate surface area is 107 Å². The lowest BCUT2D eigenvalue weighted by atomic mass is 9.82. The molecule has 0 amide bonds. The van der Waals surface area contributed by atoms with Gasteiger partial charge in [0.1, 0.15) is 0 Å². The number of nitrogens with zero attached hydrogens (tertiary/aromatic N) is 1. The maximum absolute atomic E-state index is 3.47. The fraction of sp³-hybridized carbons (Fsp3) is 1.00. The zero-order chi connectivity index (χ0) is 10.7. The van der Waals surface area contributed by atoms with Gasteiger partial charge in [0.05, 0.1) is 0 Å². The first-order valence-electron chi connectivity index (χ1n) is 6.70. The molecule has 1 heterocycles. The second-order valence-corrected chi connectivity index (χ2v) is 5.67. The van der Waals surface area contributed by atoms with Gasteiger partial charge >= 0.3 is 0 Å². The van der Waals surface area contributed by atoms with Crippen LogP contribution in [-0.4, -0.2) is 37.1 Å². The Hall–Kier alpha value is 0.210. The molecular weight excluding hydrogens is 220 g/mol. The number of rotatable bonds is 2. The topological polar surface area (TPSA) is 15.3 Å². The number of hydrogen-bond donors (Lipinski definition) is 1. The zero-order valence-electron chi connectivity index (χ0n) is 10.7. The van der Waals surface area contributed by atoms with Crippen molar-refractivity contribution in [2.45, 2.75) is 45.6 Å². The number of hydrogen-bond acceptors (Lipinski definition) is 2. The SMILES string of the molecule is CC1CCC(CN2CCNCC2C)CC1.Cl. The standard InChI is InChI=1S/C13H26N2.ClH/c1-11-3-5-13(6-4-11)10-15-8-7-14-9-12(15)2;/h11-14H,3-10H2,1-2H3;1H. The van der Waals surface area contributed by atoms with Crippen LogP contribution in [0.2, 0.25) is 0 Å². The first kappa shape index (κ1) is 14.3. The van der Waals surface area contributed by atoms with Gasteiger partial charge < -0.3 is 5.32 Å². The highest BCUT2D eigenvalue weighted by Crippen LogP contribution is 2.29. The Balaban J connectivity index is 0.00000128. The average Bonchev–Trinajstić information content (AvgIpc) is 2.25. The Morgan fingerprint density at radius 2 is 1.81 bits per heavy atom. The van der Waals surface area contributed by atoms with Crippen molar-refractivity contribution in [1.82, 2.24) is 10.2 Å². The molecule has 0 aromatic heterocycles. The van der Waals surface area contributed by atoms with Crippen LogP contribution in [0.5, 0.6) is 0 Å². The second kappa shape index (κ2) is 6.83. The van der Waals surface area contributed by atoms with Crippen LogP contribution in [0.25, 0.3) is 0 Å². The van der Waals surface area contributed by atoms with Crippen LogP contribution < -0.4 is 5.32 Å². The minimum Gasteiger partial charge on any atom is -0.314 e. The van der Waals surface area contributed by atoms with Crippen LogP contribution in [0.15, 0.2) is 0 Å². The molecule has 0 radical (unpaired) electrons. The Morgan fingerprint density at radius 3 is 2.44 bits per heavy atom. The molecule has 0 aromatic carbocycles. The number of halogens is 1. The summed E-state index contributed by atoms with van der Waals surface area (Å²) < 4.78 is 0. The maximum atomic E-state index is 3.47. The summed E-state index contributed by atoms with van der Waals surface area (Å²) in [6, 6.07) is 0.748. The molecule has 2 fully saturated rings. The van der Waals surface area contributed by atoms with Gasteiger partial charge in [-0.05, 0) is 31.6 Å². The number of nitrogens with one attached hydrogen (secondary N) is 1. The van der Waals surface area contributed by atoms with Crippen molar-refractivity contribution in [2.24, 2.45) is 11.8 Å². The summed E-state index contributed by atoms with van der Waals surface area (Å²) in [6.07, 6.45) is 5.87. The van der Waals surface area contributed by atoms with Crippen LogP contribution in [0.3, 0.4) is 0 Å². The van der Waals surface area contributed by atoms with E-state index in [4.69, 9.17) is 0 Å². The number of piperazine rings is 1. The molecule has 1 saturated heterocycles. The molecule has 16 heavy (non-hydrogen) atoms. The van der Waals surface area contributed by atoms with Gasteiger partial charge in [-0.15, -0.1) is 12.4 Å². The Kier molecular flexibility index (Phi) is 6.09. The van der Waals surface area contributed by atoms with Crippen LogP contribution >= 0.6 is 12.4 Å². The molecule has 1 saturated carbocycles. The minimum atomic E-state index is 0. The molecule has 1 N–H and O–H groups in total. The van der Waals surface area contributed by atoms with Crippen molar-refractivity contribution in [3.05, 3.63) is 0 Å². The van der Waals surface area contributed by atoms with E-state index in [-0.39, 0.29) is 12.4 Å².